The van der Waals surface area contributed by atoms with E-state index in [1.807, 2.05) is 24.4 Å². The SMILES string of the molecule is OC[C@H](O)COc1cc(-c2ccc(N3CCNCC3)nc2)c2ccnn2c1. The summed E-state index contributed by atoms with van der Waals surface area (Å²) in [6.45, 7) is 3.53. The Kier molecular flexibility index (Phi) is 5.19. The number of hydrogen-bond donors (Lipinski definition) is 3. The van der Waals surface area contributed by atoms with E-state index in [1.54, 1.807) is 16.9 Å². The summed E-state index contributed by atoms with van der Waals surface area (Å²) in [6, 6.07) is 7.93. The van der Waals surface area contributed by atoms with Crippen LogP contribution in [0.15, 0.2) is 42.9 Å². The van der Waals surface area contributed by atoms with E-state index in [9.17, 15) is 5.11 Å². The Labute approximate surface area is 157 Å². The predicted molar refractivity (Wildman–Crippen MR) is 102 cm³/mol. The Hall–Kier alpha value is -2.68. The van der Waals surface area contributed by atoms with Crippen molar-refractivity contribution in [2.45, 2.75) is 6.10 Å². The monoisotopic (exact) mass is 369 g/mol. The van der Waals surface area contributed by atoms with Crippen LogP contribution >= 0.6 is 0 Å². The standard InChI is InChI=1S/C19H23N5O3/c25-12-15(26)13-27-16-9-17(18-3-4-22-24(18)11-16)14-1-2-19(21-10-14)23-7-5-20-6-8-23/h1-4,9-11,15,20,25-26H,5-8,12-13H2/t15-/m0/s1. The molecule has 142 valence electrons. The van der Waals surface area contributed by atoms with Crippen LogP contribution in [0.25, 0.3) is 16.6 Å². The summed E-state index contributed by atoms with van der Waals surface area (Å²) < 4.78 is 7.35. The number of nitrogens with one attached hydrogen (secondary N) is 1. The first-order valence-corrected chi connectivity index (χ1v) is 9.06. The topological polar surface area (TPSA) is 95.1 Å². The van der Waals surface area contributed by atoms with Gasteiger partial charge in [-0.1, -0.05) is 0 Å². The van der Waals surface area contributed by atoms with Gasteiger partial charge in [0.1, 0.15) is 24.3 Å². The lowest BCUT2D eigenvalue weighted by Crippen LogP contribution is -2.43. The number of aliphatic hydroxyl groups is 2. The maximum Gasteiger partial charge on any atom is 0.138 e. The minimum absolute atomic E-state index is 0.0168. The van der Waals surface area contributed by atoms with Crippen molar-refractivity contribution >= 4 is 11.3 Å². The van der Waals surface area contributed by atoms with E-state index in [4.69, 9.17) is 9.84 Å². The Balaban J connectivity index is 1.62. The molecule has 1 saturated heterocycles. The Morgan fingerprint density at radius 3 is 2.81 bits per heavy atom. The third-order valence-electron chi connectivity index (χ3n) is 4.64. The summed E-state index contributed by atoms with van der Waals surface area (Å²) >= 11 is 0. The number of aliphatic hydroxyl groups excluding tert-OH is 2. The van der Waals surface area contributed by atoms with Crippen LogP contribution in [0.4, 0.5) is 5.82 Å². The lowest BCUT2D eigenvalue weighted by Gasteiger charge is -2.28. The molecule has 1 aliphatic heterocycles. The Morgan fingerprint density at radius 1 is 1.22 bits per heavy atom. The normalized spacial score (nSPS) is 15.9. The van der Waals surface area contributed by atoms with Crippen molar-refractivity contribution in [1.29, 1.82) is 0 Å². The molecule has 3 N–H and O–H groups in total. The maximum atomic E-state index is 9.52. The molecule has 3 aromatic rings. The molecule has 0 unspecified atom stereocenters. The van der Waals surface area contributed by atoms with Crippen LogP contribution in [0, 0.1) is 0 Å². The summed E-state index contributed by atoms with van der Waals surface area (Å²) in [4.78, 5) is 6.91. The fourth-order valence-corrected chi connectivity index (χ4v) is 3.19. The number of hydrogen-bond acceptors (Lipinski definition) is 7. The van der Waals surface area contributed by atoms with Gasteiger partial charge >= 0.3 is 0 Å². The van der Waals surface area contributed by atoms with Gasteiger partial charge in [0.25, 0.3) is 0 Å². The van der Waals surface area contributed by atoms with Crippen molar-refractivity contribution < 1.29 is 14.9 Å². The second-order valence-corrected chi connectivity index (χ2v) is 6.54. The number of ether oxygens (including phenoxy) is 1. The zero-order valence-corrected chi connectivity index (χ0v) is 15.0. The smallest absolute Gasteiger partial charge is 0.138 e. The van der Waals surface area contributed by atoms with Crippen LogP contribution in [0.3, 0.4) is 0 Å². The summed E-state index contributed by atoms with van der Waals surface area (Å²) in [5.41, 5.74) is 2.86. The van der Waals surface area contributed by atoms with Crippen LogP contribution in [-0.2, 0) is 0 Å². The number of aromatic nitrogens is 3. The molecule has 3 aromatic heterocycles. The fraction of sp³-hybridized carbons (Fsp3) is 0.368. The maximum absolute atomic E-state index is 9.52. The molecule has 8 nitrogen and oxygen atoms in total. The molecule has 1 fully saturated rings. The van der Waals surface area contributed by atoms with Crippen molar-refractivity contribution in [2.24, 2.45) is 0 Å². The van der Waals surface area contributed by atoms with Crippen molar-refractivity contribution in [3.05, 3.63) is 42.9 Å². The van der Waals surface area contributed by atoms with E-state index in [0.717, 1.165) is 48.6 Å². The molecule has 4 rings (SSSR count). The van der Waals surface area contributed by atoms with E-state index in [0.29, 0.717) is 5.75 Å². The molecule has 1 atom stereocenters. The number of piperazine rings is 1. The van der Waals surface area contributed by atoms with Crippen LogP contribution < -0.4 is 15.0 Å². The molecular formula is C19H23N5O3. The molecule has 27 heavy (non-hydrogen) atoms. The van der Waals surface area contributed by atoms with Gasteiger partial charge in [0.05, 0.1) is 24.5 Å². The van der Waals surface area contributed by atoms with E-state index in [-0.39, 0.29) is 13.2 Å². The van der Waals surface area contributed by atoms with E-state index in [1.165, 1.54) is 0 Å². The number of rotatable bonds is 6. The van der Waals surface area contributed by atoms with Gasteiger partial charge in [0.2, 0.25) is 0 Å². The summed E-state index contributed by atoms with van der Waals surface area (Å²) in [5.74, 6) is 1.54. The van der Waals surface area contributed by atoms with Crippen LogP contribution in [0.5, 0.6) is 5.75 Å². The van der Waals surface area contributed by atoms with Crippen molar-refractivity contribution in [3.8, 4) is 16.9 Å². The largest absolute Gasteiger partial charge is 0.489 e. The molecule has 0 spiro atoms. The third kappa shape index (κ3) is 3.87. The molecule has 0 bridgehead atoms. The highest BCUT2D eigenvalue weighted by Gasteiger charge is 2.14. The van der Waals surface area contributed by atoms with Crippen LogP contribution in [0.2, 0.25) is 0 Å². The van der Waals surface area contributed by atoms with Gasteiger partial charge in [-0.05, 0) is 24.3 Å². The molecule has 4 heterocycles. The first-order chi connectivity index (χ1) is 13.2. The number of fused-ring (bicyclic) bond motifs is 1. The first kappa shape index (κ1) is 17.7. The van der Waals surface area contributed by atoms with Gasteiger partial charge in [0.15, 0.2) is 0 Å². The average molecular weight is 369 g/mol. The molecule has 0 radical (unpaired) electrons. The number of pyridine rings is 2. The summed E-state index contributed by atoms with van der Waals surface area (Å²) in [6.07, 6.45) is 4.44. The summed E-state index contributed by atoms with van der Waals surface area (Å²) in [7, 11) is 0. The van der Waals surface area contributed by atoms with Gasteiger partial charge in [-0.3, -0.25) is 0 Å². The Bertz CT molecular complexity index is 890. The molecule has 1 aliphatic rings. The van der Waals surface area contributed by atoms with Crippen LogP contribution in [-0.4, -0.2) is 70.3 Å². The zero-order valence-electron chi connectivity index (χ0n) is 15.0. The highest BCUT2D eigenvalue weighted by Crippen LogP contribution is 2.29. The molecule has 8 heteroatoms. The Morgan fingerprint density at radius 2 is 2.07 bits per heavy atom. The minimum atomic E-state index is -0.915. The quantitative estimate of drug-likeness (QED) is 0.584. The van der Waals surface area contributed by atoms with Crippen LogP contribution in [0.1, 0.15) is 0 Å². The minimum Gasteiger partial charge on any atom is -0.489 e. The highest BCUT2D eigenvalue weighted by molar-refractivity contribution is 5.81. The van der Waals surface area contributed by atoms with Gasteiger partial charge in [-0.2, -0.15) is 5.10 Å². The predicted octanol–water partition coefficient (Wildman–Crippen LogP) is 0.538. The second-order valence-electron chi connectivity index (χ2n) is 6.54. The molecule has 0 amide bonds. The molecule has 0 aromatic carbocycles. The van der Waals surface area contributed by atoms with E-state index in [2.05, 4.69) is 26.4 Å². The van der Waals surface area contributed by atoms with E-state index < -0.39 is 6.10 Å². The van der Waals surface area contributed by atoms with Crippen molar-refractivity contribution in [1.82, 2.24) is 19.9 Å². The first-order valence-electron chi connectivity index (χ1n) is 9.06. The highest BCUT2D eigenvalue weighted by atomic mass is 16.5. The molecule has 0 aliphatic carbocycles. The average Bonchev–Trinajstić information content (AvgIpc) is 3.21. The van der Waals surface area contributed by atoms with E-state index >= 15 is 0 Å². The van der Waals surface area contributed by atoms with Gasteiger partial charge in [-0.15, -0.1) is 0 Å². The lowest BCUT2D eigenvalue weighted by atomic mass is 10.1. The zero-order chi connectivity index (χ0) is 18.6. The van der Waals surface area contributed by atoms with Crippen molar-refractivity contribution in [3.63, 3.8) is 0 Å². The van der Waals surface area contributed by atoms with Gasteiger partial charge in [-0.25, -0.2) is 9.50 Å². The lowest BCUT2D eigenvalue weighted by molar-refractivity contribution is 0.0534. The number of anilines is 1. The molecular weight excluding hydrogens is 346 g/mol. The fourth-order valence-electron chi connectivity index (χ4n) is 3.19. The van der Waals surface area contributed by atoms with Gasteiger partial charge < -0.3 is 25.2 Å². The third-order valence-corrected chi connectivity index (χ3v) is 4.64. The van der Waals surface area contributed by atoms with Gasteiger partial charge in [0, 0.05) is 43.5 Å². The van der Waals surface area contributed by atoms with Crippen molar-refractivity contribution in [2.75, 3.05) is 44.3 Å². The molecule has 0 saturated carbocycles. The second kappa shape index (κ2) is 7.91. The summed E-state index contributed by atoms with van der Waals surface area (Å²) in [5, 5.41) is 26.1. The number of nitrogens with zero attached hydrogens (tertiary/aromatic N) is 4.